The highest BCUT2D eigenvalue weighted by Gasteiger charge is 2.25. The monoisotopic (exact) mass is 462 g/mol. The second-order valence-corrected chi connectivity index (χ2v) is 8.51. The summed E-state index contributed by atoms with van der Waals surface area (Å²) in [5.41, 5.74) is 9.52. The fourth-order valence-electron chi connectivity index (χ4n) is 4.55. The molecule has 1 aromatic heterocycles. The molecule has 2 aliphatic rings. The number of anilines is 2. The van der Waals surface area contributed by atoms with Crippen LogP contribution in [-0.4, -0.2) is 60.5 Å². The van der Waals surface area contributed by atoms with E-state index in [0.717, 1.165) is 52.2 Å². The first kappa shape index (κ1) is 23.8. The van der Waals surface area contributed by atoms with Gasteiger partial charge in [0, 0.05) is 49.3 Å². The average molecular weight is 463 g/mol. The Kier molecular flexibility index (Phi) is 7.80. The number of nitrogens with one attached hydrogen (secondary N) is 2. The minimum absolute atomic E-state index is 0.198. The van der Waals surface area contributed by atoms with Crippen LogP contribution in [0.1, 0.15) is 37.9 Å². The number of aromatic nitrogens is 2. The van der Waals surface area contributed by atoms with Crippen molar-refractivity contribution in [3.63, 3.8) is 0 Å². The van der Waals surface area contributed by atoms with Gasteiger partial charge in [-0.3, -0.25) is 9.78 Å². The van der Waals surface area contributed by atoms with E-state index in [9.17, 15) is 4.79 Å². The number of H-pyrrole nitrogens is 1. The van der Waals surface area contributed by atoms with Gasteiger partial charge in [0.05, 0.1) is 19.4 Å². The lowest BCUT2D eigenvalue weighted by Gasteiger charge is -2.31. The predicted octanol–water partition coefficient (Wildman–Crippen LogP) is 3.79. The van der Waals surface area contributed by atoms with E-state index in [1.54, 1.807) is 6.92 Å². The Balaban J connectivity index is 1.59. The van der Waals surface area contributed by atoms with Gasteiger partial charge in [0.1, 0.15) is 0 Å². The maximum absolute atomic E-state index is 11.7. The van der Waals surface area contributed by atoms with Gasteiger partial charge in [0.15, 0.2) is 0 Å². The van der Waals surface area contributed by atoms with Crippen LogP contribution in [0.3, 0.4) is 0 Å². The summed E-state index contributed by atoms with van der Waals surface area (Å²) in [6, 6.07) is 10.3. The molecule has 0 radical (unpaired) electrons. The third kappa shape index (κ3) is 5.75. The summed E-state index contributed by atoms with van der Waals surface area (Å²) in [5.74, 6) is 0.344. The zero-order valence-electron chi connectivity index (χ0n) is 20.3. The van der Waals surface area contributed by atoms with Crippen LogP contribution in [-0.2, 0) is 4.74 Å². The van der Waals surface area contributed by atoms with Gasteiger partial charge in [-0.1, -0.05) is 12.1 Å². The fraction of sp³-hybridized carbons (Fsp3) is 0.423. The number of aryl methyl sites for hydroxylation is 1. The summed E-state index contributed by atoms with van der Waals surface area (Å²) in [6.07, 6.45) is 6.03. The zero-order valence-corrected chi connectivity index (χ0v) is 20.3. The van der Waals surface area contributed by atoms with Gasteiger partial charge in [-0.25, -0.2) is 10.4 Å². The van der Waals surface area contributed by atoms with Gasteiger partial charge in [-0.05, 0) is 68.5 Å². The maximum atomic E-state index is 11.7. The van der Waals surface area contributed by atoms with Crippen LogP contribution in [0.25, 0.3) is 6.08 Å². The van der Waals surface area contributed by atoms with Crippen LogP contribution < -0.4 is 15.9 Å². The molecule has 8 nitrogen and oxygen atoms in total. The second-order valence-electron chi connectivity index (χ2n) is 8.51. The molecule has 0 saturated carbocycles. The lowest BCUT2D eigenvalue weighted by atomic mass is 10.1. The normalized spacial score (nSPS) is 17.7. The van der Waals surface area contributed by atoms with E-state index in [4.69, 9.17) is 4.74 Å². The Morgan fingerprint density at radius 2 is 1.91 bits per heavy atom. The number of rotatable bonds is 8. The SMILES string of the molecule is CCN(CC)c1ccc(C=C2CCC(C=NNc3nc(C)cc(=O)[nH]3)=C2N2CCOCC2)cc1. The number of morpholine rings is 1. The zero-order chi connectivity index (χ0) is 23.9. The maximum Gasteiger partial charge on any atom is 0.252 e. The highest BCUT2D eigenvalue weighted by molar-refractivity contribution is 5.84. The van der Waals surface area contributed by atoms with E-state index in [1.165, 1.54) is 34.2 Å². The molecule has 2 N–H and O–H groups in total. The lowest BCUT2D eigenvalue weighted by Crippen LogP contribution is -2.36. The molecule has 2 heterocycles. The van der Waals surface area contributed by atoms with Gasteiger partial charge in [-0.2, -0.15) is 5.10 Å². The van der Waals surface area contributed by atoms with Gasteiger partial charge in [-0.15, -0.1) is 0 Å². The number of hydrogen-bond acceptors (Lipinski definition) is 7. The first-order valence-electron chi connectivity index (χ1n) is 12.1. The molecule has 0 unspecified atom stereocenters. The third-order valence-electron chi connectivity index (χ3n) is 6.22. The van der Waals surface area contributed by atoms with E-state index < -0.39 is 0 Å². The first-order valence-corrected chi connectivity index (χ1v) is 12.1. The third-order valence-corrected chi connectivity index (χ3v) is 6.22. The highest BCUT2D eigenvalue weighted by atomic mass is 16.5. The van der Waals surface area contributed by atoms with Crippen LogP contribution in [0.5, 0.6) is 0 Å². The average Bonchev–Trinajstić information content (AvgIpc) is 3.23. The molecular weight excluding hydrogens is 428 g/mol. The van der Waals surface area contributed by atoms with Crippen molar-refractivity contribution in [3.05, 3.63) is 68.8 Å². The molecular formula is C26H34N6O2. The van der Waals surface area contributed by atoms with Gasteiger partial charge < -0.3 is 14.5 Å². The largest absolute Gasteiger partial charge is 0.378 e. The van der Waals surface area contributed by atoms with Gasteiger partial charge in [0.25, 0.3) is 5.56 Å². The summed E-state index contributed by atoms with van der Waals surface area (Å²) in [5, 5.41) is 4.39. The summed E-state index contributed by atoms with van der Waals surface area (Å²) >= 11 is 0. The Labute approximate surface area is 201 Å². The number of hydrogen-bond donors (Lipinski definition) is 2. The minimum Gasteiger partial charge on any atom is -0.378 e. The van der Waals surface area contributed by atoms with Crippen molar-refractivity contribution in [2.24, 2.45) is 5.10 Å². The van der Waals surface area contributed by atoms with Crippen molar-refractivity contribution in [3.8, 4) is 0 Å². The van der Waals surface area contributed by atoms with Crippen LogP contribution in [0.2, 0.25) is 0 Å². The van der Waals surface area contributed by atoms with Crippen LogP contribution in [0, 0.1) is 6.92 Å². The molecule has 0 bridgehead atoms. The molecule has 4 rings (SSSR count). The van der Waals surface area contributed by atoms with E-state index in [2.05, 4.69) is 74.5 Å². The van der Waals surface area contributed by atoms with Gasteiger partial charge >= 0.3 is 0 Å². The Morgan fingerprint density at radius 3 is 2.59 bits per heavy atom. The number of nitrogens with zero attached hydrogens (tertiary/aromatic N) is 4. The molecule has 1 saturated heterocycles. The number of ether oxygens (including phenoxy) is 1. The molecule has 0 spiro atoms. The second kappa shape index (κ2) is 11.2. The van der Waals surface area contributed by atoms with E-state index in [-0.39, 0.29) is 5.56 Å². The first-order chi connectivity index (χ1) is 16.6. The van der Waals surface area contributed by atoms with E-state index >= 15 is 0 Å². The smallest absolute Gasteiger partial charge is 0.252 e. The predicted molar refractivity (Wildman–Crippen MR) is 138 cm³/mol. The van der Waals surface area contributed by atoms with Crippen LogP contribution >= 0.6 is 0 Å². The Bertz CT molecular complexity index is 1120. The molecule has 1 aliphatic heterocycles. The summed E-state index contributed by atoms with van der Waals surface area (Å²) < 4.78 is 5.59. The van der Waals surface area contributed by atoms with Crippen molar-refractivity contribution < 1.29 is 4.74 Å². The number of allylic oxidation sites excluding steroid dienone is 2. The lowest BCUT2D eigenvalue weighted by molar-refractivity contribution is 0.0548. The molecule has 34 heavy (non-hydrogen) atoms. The standard InChI is InChI=1S/C26H34N6O2/c1-4-31(5-2)23-10-6-20(7-11-23)17-21-8-9-22(25(21)32-12-14-34-15-13-32)18-27-30-26-28-19(3)16-24(33)29-26/h6-7,10-11,16-18H,4-5,8-9,12-15H2,1-3H3,(H2,28,29,30,33). The van der Waals surface area contributed by atoms with Gasteiger partial charge in [0.2, 0.25) is 5.95 Å². The molecule has 180 valence electrons. The summed E-state index contributed by atoms with van der Waals surface area (Å²) in [7, 11) is 0. The number of hydrazone groups is 1. The van der Waals surface area contributed by atoms with E-state index in [0.29, 0.717) is 11.6 Å². The highest BCUT2D eigenvalue weighted by Crippen LogP contribution is 2.35. The Morgan fingerprint density at radius 1 is 1.18 bits per heavy atom. The van der Waals surface area contributed by atoms with Crippen LogP contribution in [0.4, 0.5) is 11.6 Å². The summed E-state index contributed by atoms with van der Waals surface area (Å²) in [4.78, 5) is 23.4. The van der Waals surface area contributed by atoms with Crippen molar-refractivity contribution in [2.75, 3.05) is 49.7 Å². The summed E-state index contributed by atoms with van der Waals surface area (Å²) in [6.45, 7) is 11.3. The fourth-order valence-corrected chi connectivity index (χ4v) is 4.55. The number of benzene rings is 1. The molecule has 2 aromatic rings. The molecule has 1 aromatic carbocycles. The number of aromatic amines is 1. The van der Waals surface area contributed by atoms with Crippen molar-refractivity contribution in [2.45, 2.75) is 33.6 Å². The molecule has 0 atom stereocenters. The quantitative estimate of drug-likeness (QED) is 0.459. The minimum atomic E-state index is -0.198. The molecule has 8 heteroatoms. The molecule has 0 amide bonds. The molecule has 1 fully saturated rings. The van der Waals surface area contributed by atoms with E-state index in [1.807, 2.05) is 6.21 Å². The van der Waals surface area contributed by atoms with Crippen molar-refractivity contribution in [1.29, 1.82) is 0 Å². The molecule has 1 aliphatic carbocycles. The topological polar surface area (TPSA) is 85.8 Å². The Hall–Kier alpha value is -3.39. The van der Waals surface area contributed by atoms with Crippen molar-refractivity contribution in [1.82, 2.24) is 14.9 Å². The van der Waals surface area contributed by atoms with Crippen LogP contribution in [0.15, 0.2) is 57.1 Å². The van der Waals surface area contributed by atoms with Crippen molar-refractivity contribution >= 4 is 23.9 Å².